The van der Waals surface area contributed by atoms with Crippen LogP contribution in [0.2, 0.25) is 0 Å². The molecule has 20 heavy (non-hydrogen) atoms. The largest absolute Gasteiger partial charge is 0.490 e. The molecule has 11 nitrogen and oxygen atoms in total. The summed E-state index contributed by atoms with van der Waals surface area (Å²) < 4.78 is 49.5. The molecule has 1 heterocycles. The quantitative estimate of drug-likeness (QED) is 0.478. The molecular weight excluding hydrogens is 341 g/mol. The number of ether oxygens (including phenoxy) is 1. The molecule has 2 unspecified atom stereocenters. The van der Waals surface area contributed by atoms with Crippen molar-refractivity contribution in [2.24, 2.45) is 0 Å². The van der Waals surface area contributed by atoms with Crippen molar-refractivity contribution in [1.82, 2.24) is 0 Å². The molecule has 0 spiro atoms. The molecule has 0 bridgehead atoms. The Morgan fingerprint density at radius 2 is 1.65 bits per heavy atom. The molecule has 14 heteroatoms. The van der Waals surface area contributed by atoms with Crippen LogP contribution in [0.1, 0.15) is 19.8 Å². The van der Waals surface area contributed by atoms with Crippen molar-refractivity contribution in [3.63, 3.8) is 0 Å². The molecule has 1 aliphatic heterocycles. The Hall–Kier alpha value is 0.370. The summed E-state index contributed by atoms with van der Waals surface area (Å²) in [5.41, 5.74) is 0. The molecule has 4 atom stereocenters. The molecule has 0 aromatic heterocycles. The van der Waals surface area contributed by atoms with E-state index in [0.717, 1.165) is 6.42 Å². The molecule has 0 aliphatic carbocycles. The summed E-state index contributed by atoms with van der Waals surface area (Å²) in [5.74, 6) is 0. The first kappa shape index (κ1) is 18.4. The van der Waals surface area contributed by atoms with Crippen molar-refractivity contribution < 1.29 is 51.2 Å². The summed E-state index contributed by atoms with van der Waals surface area (Å²) in [5, 5.41) is 0. The van der Waals surface area contributed by atoms with E-state index in [-0.39, 0.29) is 12.7 Å². The molecule has 0 saturated carbocycles. The second-order valence-electron chi connectivity index (χ2n) is 4.03. The average molecular weight is 356 g/mol. The fourth-order valence-corrected chi connectivity index (χ4v) is 4.54. The maximum Gasteiger partial charge on any atom is 0.490 e. The predicted molar refractivity (Wildman–Crippen MR) is 63.4 cm³/mol. The molecule has 1 rings (SSSR count). The highest BCUT2D eigenvalue weighted by Gasteiger charge is 2.41. The van der Waals surface area contributed by atoms with Gasteiger partial charge in [-0.05, 0) is 19.8 Å². The molecule has 1 saturated heterocycles. The van der Waals surface area contributed by atoms with E-state index in [1.54, 1.807) is 6.92 Å². The van der Waals surface area contributed by atoms with Crippen LogP contribution in [0.15, 0.2) is 0 Å². The summed E-state index contributed by atoms with van der Waals surface area (Å²) in [6.07, 6.45) is 0.779. The van der Waals surface area contributed by atoms with Gasteiger partial charge in [0.15, 0.2) is 0 Å². The first-order chi connectivity index (χ1) is 8.89. The number of rotatable bonds is 7. The number of phosphoric acid groups is 3. The monoisotopic (exact) mass is 356 g/mol. The van der Waals surface area contributed by atoms with Gasteiger partial charge in [0.05, 0.1) is 18.8 Å². The van der Waals surface area contributed by atoms with Gasteiger partial charge in [0.1, 0.15) is 0 Å². The zero-order chi connectivity index (χ0) is 15.6. The molecule has 0 amide bonds. The van der Waals surface area contributed by atoms with Crippen molar-refractivity contribution in [3.8, 4) is 0 Å². The van der Waals surface area contributed by atoms with Crippen LogP contribution >= 0.6 is 23.5 Å². The van der Waals surface area contributed by atoms with Gasteiger partial charge in [0, 0.05) is 0 Å². The van der Waals surface area contributed by atoms with E-state index >= 15 is 0 Å². The number of hydrogen-bond donors (Lipinski definition) is 4. The molecular formula is C6H15O11P3. The fourth-order valence-electron chi connectivity index (χ4n) is 1.49. The average Bonchev–Trinajstić information content (AvgIpc) is 2.55. The minimum atomic E-state index is -5.45. The van der Waals surface area contributed by atoms with Crippen LogP contribution < -0.4 is 0 Å². The number of phosphoric ester groups is 1. The van der Waals surface area contributed by atoms with Crippen LogP contribution in [0, 0.1) is 0 Å². The third-order valence-electron chi connectivity index (χ3n) is 2.16. The molecule has 0 radical (unpaired) electrons. The molecule has 1 fully saturated rings. The van der Waals surface area contributed by atoms with E-state index in [4.69, 9.17) is 24.3 Å². The standard InChI is InChI=1S/C6H15O11P3/c1-5-2-3-6(15-5)4-14-19(10,11)17-20(12,13)16-18(7,8)9/h5-6H,2-4H2,1H3,(H,10,11)(H,12,13)(H2,7,8,9)/t5-,6-/m0/s1. The topological polar surface area (TPSA) is 169 Å². The Morgan fingerprint density at radius 1 is 1.05 bits per heavy atom. The normalized spacial score (nSPS) is 29.9. The van der Waals surface area contributed by atoms with E-state index in [2.05, 4.69) is 13.1 Å². The van der Waals surface area contributed by atoms with Crippen LogP contribution in [0.4, 0.5) is 0 Å². The second kappa shape index (κ2) is 6.64. The van der Waals surface area contributed by atoms with Crippen molar-refractivity contribution in [2.75, 3.05) is 6.61 Å². The van der Waals surface area contributed by atoms with Crippen molar-refractivity contribution >= 4 is 23.5 Å². The van der Waals surface area contributed by atoms with Crippen LogP contribution in [0.5, 0.6) is 0 Å². The van der Waals surface area contributed by atoms with E-state index in [0.29, 0.717) is 6.42 Å². The van der Waals surface area contributed by atoms with Gasteiger partial charge in [0.2, 0.25) is 0 Å². The highest BCUT2D eigenvalue weighted by Crippen LogP contribution is 2.66. The summed E-state index contributed by atoms with van der Waals surface area (Å²) in [7, 11) is -15.9. The molecule has 4 N–H and O–H groups in total. The lowest BCUT2D eigenvalue weighted by molar-refractivity contribution is 0.0184. The molecule has 0 aromatic rings. The number of hydrogen-bond acceptors (Lipinski definition) is 7. The Balaban J connectivity index is 2.50. The maximum absolute atomic E-state index is 11.3. The Morgan fingerprint density at radius 3 is 2.10 bits per heavy atom. The van der Waals surface area contributed by atoms with Crippen molar-refractivity contribution in [3.05, 3.63) is 0 Å². The van der Waals surface area contributed by atoms with E-state index in [9.17, 15) is 13.7 Å². The molecule has 0 aromatic carbocycles. The van der Waals surface area contributed by atoms with Crippen LogP contribution in [0.3, 0.4) is 0 Å². The van der Waals surface area contributed by atoms with Crippen molar-refractivity contribution in [2.45, 2.75) is 32.0 Å². The summed E-state index contributed by atoms with van der Waals surface area (Å²) in [4.78, 5) is 34.7. The third kappa shape index (κ3) is 7.40. The summed E-state index contributed by atoms with van der Waals surface area (Å²) in [6.45, 7) is 1.42. The lowest BCUT2D eigenvalue weighted by atomic mass is 10.2. The van der Waals surface area contributed by atoms with Gasteiger partial charge < -0.3 is 24.3 Å². The predicted octanol–water partition coefficient (Wildman–Crippen LogP) is 0.897. The summed E-state index contributed by atoms with van der Waals surface area (Å²) in [6, 6.07) is 0. The SMILES string of the molecule is C[C@H]1CC[C@@H](COP(=O)(O)OP(=O)(O)OP(=O)(O)O)O1. The van der Waals surface area contributed by atoms with E-state index in [1.165, 1.54) is 0 Å². The Kier molecular flexibility index (Phi) is 6.12. The fraction of sp³-hybridized carbons (Fsp3) is 1.00. The first-order valence-electron chi connectivity index (χ1n) is 5.32. The summed E-state index contributed by atoms with van der Waals surface area (Å²) >= 11 is 0. The zero-order valence-electron chi connectivity index (χ0n) is 10.3. The van der Waals surface area contributed by atoms with Crippen molar-refractivity contribution in [1.29, 1.82) is 0 Å². The molecule has 120 valence electrons. The smallest absolute Gasteiger partial charge is 0.373 e. The maximum atomic E-state index is 11.3. The van der Waals surface area contributed by atoms with Gasteiger partial charge in [-0.2, -0.15) is 8.62 Å². The van der Waals surface area contributed by atoms with Crippen LogP contribution in [0.25, 0.3) is 0 Å². The first-order valence-corrected chi connectivity index (χ1v) is 9.84. The minimum Gasteiger partial charge on any atom is -0.373 e. The van der Waals surface area contributed by atoms with E-state index < -0.39 is 29.6 Å². The lowest BCUT2D eigenvalue weighted by Crippen LogP contribution is -2.15. The zero-order valence-corrected chi connectivity index (χ0v) is 12.9. The van der Waals surface area contributed by atoms with Gasteiger partial charge >= 0.3 is 23.5 Å². The second-order valence-corrected chi connectivity index (χ2v) is 8.45. The minimum absolute atomic E-state index is 0.0375. The highest BCUT2D eigenvalue weighted by molar-refractivity contribution is 7.66. The lowest BCUT2D eigenvalue weighted by Gasteiger charge is -2.17. The molecule has 1 aliphatic rings. The van der Waals surface area contributed by atoms with Gasteiger partial charge in [-0.15, -0.1) is 0 Å². The van der Waals surface area contributed by atoms with Crippen LogP contribution in [-0.4, -0.2) is 38.4 Å². The third-order valence-corrected chi connectivity index (χ3v) is 5.96. The van der Waals surface area contributed by atoms with E-state index in [1.807, 2.05) is 0 Å². The Labute approximate surface area is 114 Å². The van der Waals surface area contributed by atoms with Gasteiger partial charge in [0.25, 0.3) is 0 Å². The van der Waals surface area contributed by atoms with Gasteiger partial charge in [-0.25, -0.2) is 13.7 Å². The van der Waals surface area contributed by atoms with Gasteiger partial charge in [-0.3, -0.25) is 4.52 Å². The van der Waals surface area contributed by atoms with Gasteiger partial charge in [-0.1, -0.05) is 0 Å². The van der Waals surface area contributed by atoms with Crippen LogP contribution in [-0.2, 0) is 31.6 Å². The highest BCUT2D eigenvalue weighted by atomic mass is 31.3. The Bertz CT molecular complexity index is 471.